The van der Waals surface area contributed by atoms with Crippen LogP contribution in [0, 0.1) is 0 Å². The van der Waals surface area contributed by atoms with Crippen molar-refractivity contribution in [3.63, 3.8) is 0 Å². The van der Waals surface area contributed by atoms with Gasteiger partial charge >= 0.3 is 0 Å². The predicted molar refractivity (Wildman–Crippen MR) is 76.7 cm³/mol. The number of aryl methyl sites for hydroxylation is 1. The number of aromatic nitrogens is 1. The molecule has 2 rings (SSSR count). The number of ether oxygens (including phenoxy) is 1. The fraction of sp³-hybridized carbons (Fsp3) is 0.214. The molecular formula is C14H14ClNOS. The monoisotopic (exact) mass is 279 g/mol. The Hall–Kier alpha value is -1.19. The van der Waals surface area contributed by atoms with E-state index in [-0.39, 0.29) is 0 Å². The Balaban J connectivity index is 1.82. The van der Waals surface area contributed by atoms with Gasteiger partial charge in [-0.05, 0) is 30.2 Å². The Morgan fingerprint density at radius 3 is 2.56 bits per heavy atom. The van der Waals surface area contributed by atoms with E-state index in [1.807, 2.05) is 30.5 Å². The summed E-state index contributed by atoms with van der Waals surface area (Å²) in [5.74, 6) is 1.67. The largest absolute Gasteiger partial charge is 0.481 e. The second kappa shape index (κ2) is 6.66. The lowest BCUT2D eigenvalue weighted by molar-refractivity contribution is 0.397. The first-order chi connectivity index (χ1) is 8.78. The van der Waals surface area contributed by atoms with Gasteiger partial charge in [-0.2, -0.15) is 0 Å². The SMILES string of the molecule is COc1ccc(SCCc2ccc(Cl)cc2)cn1. The van der Waals surface area contributed by atoms with Crippen molar-refractivity contribution in [2.45, 2.75) is 11.3 Å². The Bertz CT molecular complexity index is 484. The highest BCUT2D eigenvalue weighted by Gasteiger charge is 1.98. The molecule has 1 aromatic heterocycles. The molecule has 1 aromatic carbocycles. The van der Waals surface area contributed by atoms with Crippen LogP contribution in [0.3, 0.4) is 0 Å². The van der Waals surface area contributed by atoms with Crippen LogP contribution in [-0.4, -0.2) is 17.8 Å². The number of rotatable bonds is 5. The van der Waals surface area contributed by atoms with E-state index >= 15 is 0 Å². The molecule has 0 unspecified atom stereocenters. The van der Waals surface area contributed by atoms with Crippen LogP contribution in [0.25, 0.3) is 0 Å². The van der Waals surface area contributed by atoms with Gasteiger partial charge in [0.05, 0.1) is 7.11 Å². The van der Waals surface area contributed by atoms with Crippen molar-refractivity contribution in [2.24, 2.45) is 0 Å². The number of hydrogen-bond donors (Lipinski definition) is 0. The van der Waals surface area contributed by atoms with Gasteiger partial charge in [0.1, 0.15) is 0 Å². The van der Waals surface area contributed by atoms with Crippen LogP contribution >= 0.6 is 23.4 Å². The zero-order valence-electron chi connectivity index (χ0n) is 10.1. The highest BCUT2D eigenvalue weighted by Crippen LogP contribution is 2.20. The van der Waals surface area contributed by atoms with E-state index in [1.165, 1.54) is 5.56 Å². The lowest BCUT2D eigenvalue weighted by Gasteiger charge is -2.03. The zero-order valence-corrected chi connectivity index (χ0v) is 11.7. The van der Waals surface area contributed by atoms with E-state index in [9.17, 15) is 0 Å². The summed E-state index contributed by atoms with van der Waals surface area (Å²) in [6, 6.07) is 11.9. The first kappa shape index (κ1) is 13.2. The predicted octanol–water partition coefficient (Wildman–Crippen LogP) is 4.08. The Morgan fingerprint density at radius 1 is 1.17 bits per heavy atom. The molecule has 0 N–H and O–H groups in total. The number of hydrogen-bond acceptors (Lipinski definition) is 3. The smallest absolute Gasteiger partial charge is 0.212 e. The van der Waals surface area contributed by atoms with Gasteiger partial charge in [0.15, 0.2) is 0 Å². The van der Waals surface area contributed by atoms with Crippen molar-refractivity contribution in [3.05, 3.63) is 53.2 Å². The molecular weight excluding hydrogens is 266 g/mol. The molecule has 0 atom stereocenters. The third-order valence-corrected chi connectivity index (χ3v) is 3.73. The molecule has 94 valence electrons. The van der Waals surface area contributed by atoms with Gasteiger partial charge in [0, 0.05) is 27.9 Å². The van der Waals surface area contributed by atoms with Gasteiger partial charge < -0.3 is 4.74 Å². The lowest BCUT2D eigenvalue weighted by Crippen LogP contribution is -1.89. The number of halogens is 1. The van der Waals surface area contributed by atoms with E-state index in [1.54, 1.807) is 18.9 Å². The van der Waals surface area contributed by atoms with Crippen molar-refractivity contribution < 1.29 is 4.74 Å². The van der Waals surface area contributed by atoms with Crippen LogP contribution in [0.2, 0.25) is 5.02 Å². The molecule has 0 aliphatic rings. The van der Waals surface area contributed by atoms with Gasteiger partial charge in [-0.1, -0.05) is 23.7 Å². The summed E-state index contributed by atoms with van der Waals surface area (Å²) in [7, 11) is 1.62. The van der Waals surface area contributed by atoms with Crippen LogP contribution in [0.15, 0.2) is 47.5 Å². The van der Waals surface area contributed by atoms with Gasteiger partial charge in [-0.25, -0.2) is 4.98 Å². The van der Waals surface area contributed by atoms with Gasteiger partial charge in [-0.3, -0.25) is 0 Å². The summed E-state index contributed by atoms with van der Waals surface area (Å²) >= 11 is 7.63. The summed E-state index contributed by atoms with van der Waals surface area (Å²) in [5.41, 5.74) is 1.30. The summed E-state index contributed by atoms with van der Waals surface area (Å²) in [4.78, 5) is 5.33. The fourth-order valence-corrected chi connectivity index (χ4v) is 2.50. The molecule has 0 fully saturated rings. The molecule has 1 heterocycles. The van der Waals surface area contributed by atoms with E-state index in [0.717, 1.165) is 22.1 Å². The van der Waals surface area contributed by atoms with E-state index in [2.05, 4.69) is 17.1 Å². The highest BCUT2D eigenvalue weighted by molar-refractivity contribution is 7.99. The molecule has 0 spiro atoms. The quantitative estimate of drug-likeness (QED) is 0.770. The molecule has 2 aromatic rings. The molecule has 0 aliphatic heterocycles. The summed E-state index contributed by atoms with van der Waals surface area (Å²) in [6.07, 6.45) is 2.86. The second-order valence-electron chi connectivity index (χ2n) is 3.76. The van der Waals surface area contributed by atoms with Crippen LogP contribution in [0.1, 0.15) is 5.56 Å². The van der Waals surface area contributed by atoms with E-state index in [4.69, 9.17) is 16.3 Å². The van der Waals surface area contributed by atoms with Crippen LogP contribution in [0.4, 0.5) is 0 Å². The number of methoxy groups -OCH3 is 1. The fourth-order valence-electron chi connectivity index (χ4n) is 1.51. The normalized spacial score (nSPS) is 10.3. The highest BCUT2D eigenvalue weighted by atomic mass is 35.5. The number of thioether (sulfide) groups is 1. The average Bonchev–Trinajstić information content (AvgIpc) is 2.42. The van der Waals surface area contributed by atoms with Crippen molar-refractivity contribution in [3.8, 4) is 5.88 Å². The molecule has 0 amide bonds. The Morgan fingerprint density at radius 2 is 1.94 bits per heavy atom. The average molecular weight is 280 g/mol. The first-order valence-corrected chi connectivity index (χ1v) is 7.01. The maximum atomic E-state index is 5.84. The van der Waals surface area contributed by atoms with Crippen molar-refractivity contribution in [1.82, 2.24) is 4.98 Å². The third-order valence-electron chi connectivity index (χ3n) is 2.49. The molecule has 0 bridgehead atoms. The van der Waals surface area contributed by atoms with Crippen LogP contribution < -0.4 is 4.74 Å². The van der Waals surface area contributed by atoms with E-state index < -0.39 is 0 Å². The summed E-state index contributed by atoms with van der Waals surface area (Å²) < 4.78 is 5.02. The molecule has 18 heavy (non-hydrogen) atoms. The van der Waals surface area contributed by atoms with Crippen molar-refractivity contribution in [1.29, 1.82) is 0 Å². The topological polar surface area (TPSA) is 22.1 Å². The van der Waals surface area contributed by atoms with Crippen molar-refractivity contribution in [2.75, 3.05) is 12.9 Å². The molecule has 0 saturated carbocycles. The van der Waals surface area contributed by atoms with Crippen LogP contribution in [0.5, 0.6) is 5.88 Å². The minimum atomic E-state index is 0.650. The first-order valence-electron chi connectivity index (χ1n) is 5.65. The number of nitrogens with zero attached hydrogens (tertiary/aromatic N) is 1. The van der Waals surface area contributed by atoms with Crippen LogP contribution in [-0.2, 0) is 6.42 Å². The summed E-state index contributed by atoms with van der Waals surface area (Å²) in [5, 5.41) is 0.783. The van der Waals surface area contributed by atoms with Crippen molar-refractivity contribution >= 4 is 23.4 Å². The minimum absolute atomic E-state index is 0.650. The zero-order chi connectivity index (χ0) is 12.8. The third kappa shape index (κ3) is 3.93. The Kier molecular flexibility index (Phi) is 4.90. The lowest BCUT2D eigenvalue weighted by atomic mass is 10.2. The molecule has 0 radical (unpaired) electrons. The van der Waals surface area contributed by atoms with E-state index in [0.29, 0.717) is 5.88 Å². The van der Waals surface area contributed by atoms with Gasteiger partial charge in [-0.15, -0.1) is 11.8 Å². The maximum Gasteiger partial charge on any atom is 0.212 e. The molecule has 4 heteroatoms. The second-order valence-corrected chi connectivity index (χ2v) is 5.37. The molecule has 0 aliphatic carbocycles. The summed E-state index contributed by atoms with van der Waals surface area (Å²) in [6.45, 7) is 0. The molecule has 2 nitrogen and oxygen atoms in total. The minimum Gasteiger partial charge on any atom is -0.481 e. The number of benzene rings is 1. The standard InChI is InChI=1S/C14H14ClNOS/c1-17-14-7-6-13(10-16-14)18-9-8-11-2-4-12(15)5-3-11/h2-7,10H,8-9H2,1H3. The number of pyridine rings is 1. The van der Waals surface area contributed by atoms with Gasteiger partial charge in [0.25, 0.3) is 0 Å². The molecule has 0 saturated heterocycles. The Labute approximate surface area is 116 Å². The maximum absolute atomic E-state index is 5.84. The van der Waals surface area contributed by atoms with Gasteiger partial charge in [0.2, 0.25) is 5.88 Å².